The van der Waals surface area contributed by atoms with Crippen molar-refractivity contribution < 1.29 is 23.8 Å². The Morgan fingerprint density at radius 1 is 0.778 bits per heavy atom. The number of hydrogen-bond acceptors (Lipinski definition) is 5. The van der Waals surface area contributed by atoms with Crippen molar-refractivity contribution in [1.29, 1.82) is 0 Å². The fourth-order valence-electron chi connectivity index (χ4n) is 2.22. The largest absolute Gasteiger partial charge is 0.454 e. The Bertz CT molecular complexity index is 671. The quantitative estimate of drug-likeness (QED) is 0.521. The molecule has 2 aromatic carbocycles. The Kier molecular flexibility index (Phi) is 1.58. The van der Waals surface area contributed by atoms with Crippen LogP contribution in [0.1, 0.15) is 20.7 Å². The average molecular weight is 242 g/mol. The lowest BCUT2D eigenvalue weighted by Crippen LogP contribution is -1.96. The van der Waals surface area contributed by atoms with Crippen LogP contribution in [0.25, 0.3) is 10.8 Å². The van der Waals surface area contributed by atoms with E-state index in [1.807, 2.05) is 0 Å². The first-order valence-electron chi connectivity index (χ1n) is 5.36. The van der Waals surface area contributed by atoms with Gasteiger partial charge in [-0.2, -0.15) is 0 Å². The van der Waals surface area contributed by atoms with Gasteiger partial charge < -0.3 is 14.2 Å². The lowest BCUT2D eigenvalue weighted by atomic mass is 10.0. The molecule has 4 rings (SSSR count). The average Bonchev–Trinajstić information content (AvgIpc) is 2.90. The van der Waals surface area contributed by atoms with E-state index in [4.69, 9.17) is 9.47 Å². The second-order valence-electron chi connectivity index (χ2n) is 4.13. The number of carbonyl (C=O) groups is 2. The summed E-state index contributed by atoms with van der Waals surface area (Å²) < 4.78 is 15.1. The minimum Gasteiger partial charge on any atom is -0.454 e. The van der Waals surface area contributed by atoms with E-state index in [1.54, 1.807) is 24.3 Å². The lowest BCUT2D eigenvalue weighted by Gasteiger charge is -2.02. The number of carbonyl (C=O) groups excluding carboxylic acids is 2. The maximum Gasteiger partial charge on any atom is 0.346 e. The summed E-state index contributed by atoms with van der Waals surface area (Å²) in [7, 11) is 0. The first-order chi connectivity index (χ1) is 8.72. The van der Waals surface area contributed by atoms with Gasteiger partial charge in [0.2, 0.25) is 6.79 Å². The molecule has 2 heterocycles. The standard InChI is InChI=1S/C13H6O5/c14-12-8-1-6-3-10-11(17-5-16-10)4-7(6)2-9(8)13(15)18-12/h1-4H,5H2. The van der Waals surface area contributed by atoms with Crippen molar-refractivity contribution in [3.05, 3.63) is 35.4 Å². The van der Waals surface area contributed by atoms with Gasteiger partial charge in [0.1, 0.15) is 0 Å². The van der Waals surface area contributed by atoms with Gasteiger partial charge in [-0.15, -0.1) is 0 Å². The van der Waals surface area contributed by atoms with Crippen LogP contribution in [-0.4, -0.2) is 18.7 Å². The van der Waals surface area contributed by atoms with Crippen LogP contribution in [0.4, 0.5) is 0 Å². The molecule has 0 aromatic heterocycles. The Morgan fingerprint density at radius 2 is 1.28 bits per heavy atom. The van der Waals surface area contributed by atoms with Crippen molar-refractivity contribution in [1.82, 2.24) is 0 Å². The van der Waals surface area contributed by atoms with E-state index in [0.717, 1.165) is 10.8 Å². The van der Waals surface area contributed by atoms with Crippen LogP contribution >= 0.6 is 0 Å². The number of esters is 2. The maximum absolute atomic E-state index is 11.5. The van der Waals surface area contributed by atoms with Gasteiger partial charge in [0.05, 0.1) is 11.1 Å². The summed E-state index contributed by atoms with van der Waals surface area (Å²) in [5, 5.41) is 1.62. The summed E-state index contributed by atoms with van der Waals surface area (Å²) in [6.45, 7) is 0.187. The van der Waals surface area contributed by atoms with Crippen molar-refractivity contribution in [3.63, 3.8) is 0 Å². The molecule has 0 radical (unpaired) electrons. The van der Waals surface area contributed by atoms with Crippen LogP contribution in [-0.2, 0) is 4.74 Å². The van der Waals surface area contributed by atoms with Crippen molar-refractivity contribution in [2.75, 3.05) is 6.79 Å². The second-order valence-corrected chi connectivity index (χ2v) is 4.13. The lowest BCUT2D eigenvalue weighted by molar-refractivity contribution is 0.0444. The molecule has 0 fully saturated rings. The highest BCUT2D eigenvalue weighted by Crippen LogP contribution is 2.37. The molecule has 0 saturated carbocycles. The molecule has 2 aromatic rings. The van der Waals surface area contributed by atoms with E-state index in [0.29, 0.717) is 22.6 Å². The molecule has 0 atom stereocenters. The van der Waals surface area contributed by atoms with E-state index in [1.165, 1.54) is 0 Å². The molecular formula is C13H6O5. The molecule has 2 aliphatic heterocycles. The number of rotatable bonds is 0. The molecule has 5 heteroatoms. The maximum atomic E-state index is 11.5. The van der Waals surface area contributed by atoms with Crippen molar-refractivity contribution in [3.8, 4) is 11.5 Å². The van der Waals surface area contributed by atoms with Crippen LogP contribution in [0.3, 0.4) is 0 Å². The van der Waals surface area contributed by atoms with E-state index >= 15 is 0 Å². The van der Waals surface area contributed by atoms with Crippen LogP contribution in [0, 0.1) is 0 Å². The fraction of sp³-hybridized carbons (Fsp3) is 0.0769. The van der Waals surface area contributed by atoms with Crippen LogP contribution in [0.15, 0.2) is 24.3 Å². The molecule has 2 aliphatic rings. The first kappa shape index (κ1) is 9.47. The molecule has 0 bridgehead atoms. The second kappa shape index (κ2) is 3.01. The van der Waals surface area contributed by atoms with Gasteiger partial charge in [0.25, 0.3) is 0 Å². The highest BCUT2D eigenvalue weighted by atomic mass is 16.7. The minimum atomic E-state index is -0.602. The molecule has 18 heavy (non-hydrogen) atoms. The van der Waals surface area contributed by atoms with Gasteiger partial charge in [-0.05, 0) is 35.0 Å². The zero-order valence-corrected chi connectivity index (χ0v) is 9.06. The number of benzene rings is 2. The van der Waals surface area contributed by atoms with E-state index in [9.17, 15) is 9.59 Å². The normalized spacial score (nSPS) is 16.0. The van der Waals surface area contributed by atoms with Crippen LogP contribution in [0.2, 0.25) is 0 Å². The SMILES string of the molecule is O=C1OC(=O)c2cc3cc4c(cc3cc21)OCO4. The van der Waals surface area contributed by atoms with Crippen molar-refractivity contribution in [2.24, 2.45) is 0 Å². The minimum absolute atomic E-state index is 0.187. The Morgan fingerprint density at radius 3 is 1.78 bits per heavy atom. The van der Waals surface area contributed by atoms with Gasteiger partial charge in [0, 0.05) is 0 Å². The van der Waals surface area contributed by atoms with Gasteiger partial charge in [0.15, 0.2) is 11.5 Å². The third-order valence-electron chi connectivity index (χ3n) is 3.09. The predicted molar refractivity (Wildman–Crippen MR) is 59.8 cm³/mol. The summed E-state index contributed by atoms with van der Waals surface area (Å²) in [4.78, 5) is 22.9. The number of ether oxygens (including phenoxy) is 3. The number of fused-ring (bicyclic) bond motifs is 3. The summed E-state index contributed by atoms with van der Waals surface area (Å²) in [5.74, 6) is 0.0735. The molecule has 0 saturated heterocycles. The number of cyclic esters (lactones) is 2. The van der Waals surface area contributed by atoms with Crippen LogP contribution < -0.4 is 9.47 Å². The van der Waals surface area contributed by atoms with Gasteiger partial charge in [-0.1, -0.05) is 0 Å². The predicted octanol–water partition coefficient (Wildman–Crippen LogP) is 1.88. The number of hydrogen-bond donors (Lipinski definition) is 0. The van der Waals surface area contributed by atoms with Crippen LogP contribution in [0.5, 0.6) is 11.5 Å². The molecule has 0 N–H and O–H groups in total. The van der Waals surface area contributed by atoms with E-state index < -0.39 is 11.9 Å². The molecule has 0 amide bonds. The zero-order chi connectivity index (χ0) is 12.3. The van der Waals surface area contributed by atoms with Crippen molar-refractivity contribution in [2.45, 2.75) is 0 Å². The zero-order valence-electron chi connectivity index (χ0n) is 9.06. The molecule has 0 unspecified atom stereocenters. The Labute approximate surface area is 101 Å². The topological polar surface area (TPSA) is 61.8 Å². The van der Waals surface area contributed by atoms with E-state index in [2.05, 4.69) is 4.74 Å². The van der Waals surface area contributed by atoms with Gasteiger partial charge in [-0.25, -0.2) is 9.59 Å². The Balaban J connectivity index is 2.05. The summed E-state index contributed by atoms with van der Waals surface area (Å²) in [5.41, 5.74) is 0.595. The third-order valence-corrected chi connectivity index (χ3v) is 3.09. The summed E-state index contributed by atoms with van der Waals surface area (Å²) >= 11 is 0. The molecule has 88 valence electrons. The fourth-order valence-corrected chi connectivity index (χ4v) is 2.22. The Hall–Kier alpha value is -2.56. The molecule has 0 aliphatic carbocycles. The summed E-state index contributed by atoms with van der Waals surface area (Å²) in [6, 6.07) is 6.85. The molecule has 5 nitrogen and oxygen atoms in total. The highest BCUT2D eigenvalue weighted by molar-refractivity contribution is 6.17. The molecular weight excluding hydrogens is 236 g/mol. The third kappa shape index (κ3) is 1.10. The highest BCUT2D eigenvalue weighted by Gasteiger charge is 2.30. The summed E-state index contributed by atoms with van der Waals surface area (Å²) in [6.07, 6.45) is 0. The monoisotopic (exact) mass is 242 g/mol. The van der Waals surface area contributed by atoms with E-state index in [-0.39, 0.29) is 6.79 Å². The molecule has 0 spiro atoms. The first-order valence-corrected chi connectivity index (χ1v) is 5.36. The van der Waals surface area contributed by atoms with Crippen molar-refractivity contribution >= 4 is 22.7 Å². The van der Waals surface area contributed by atoms with Gasteiger partial charge >= 0.3 is 11.9 Å². The van der Waals surface area contributed by atoms with Gasteiger partial charge in [-0.3, -0.25) is 0 Å². The smallest absolute Gasteiger partial charge is 0.346 e.